The van der Waals surface area contributed by atoms with Gasteiger partial charge in [0.1, 0.15) is 4.88 Å². The van der Waals surface area contributed by atoms with E-state index < -0.39 is 0 Å². The van der Waals surface area contributed by atoms with Crippen LogP contribution in [-0.2, 0) is 0 Å². The molecule has 1 amide bonds. The highest BCUT2D eigenvalue weighted by Gasteiger charge is 2.28. The SMILES string of the molecule is Cc1ccc(-c2cn[nH]c2[C@H]2CCCN(C(=O)c3cnc(C)s3)C2)cc1. The van der Waals surface area contributed by atoms with Gasteiger partial charge in [-0.25, -0.2) is 4.98 Å². The molecule has 0 aliphatic carbocycles. The highest BCUT2D eigenvalue weighted by atomic mass is 32.1. The number of aromatic nitrogens is 3. The third-order valence-corrected chi connectivity index (χ3v) is 5.88. The molecule has 1 fully saturated rings. The molecule has 134 valence electrons. The van der Waals surface area contributed by atoms with Crippen molar-refractivity contribution in [1.29, 1.82) is 0 Å². The maximum atomic E-state index is 12.8. The third-order valence-electron chi connectivity index (χ3n) is 4.98. The summed E-state index contributed by atoms with van der Waals surface area (Å²) in [5, 5.41) is 8.41. The number of piperidine rings is 1. The van der Waals surface area contributed by atoms with Gasteiger partial charge in [-0.3, -0.25) is 9.89 Å². The number of nitrogens with one attached hydrogen (secondary N) is 1. The molecule has 5 nitrogen and oxygen atoms in total. The molecule has 1 aromatic carbocycles. The van der Waals surface area contributed by atoms with Crippen LogP contribution < -0.4 is 0 Å². The Bertz CT molecular complexity index is 912. The zero-order valence-corrected chi connectivity index (χ0v) is 15.8. The largest absolute Gasteiger partial charge is 0.337 e. The zero-order chi connectivity index (χ0) is 18.1. The summed E-state index contributed by atoms with van der Waals surface area (Å²) in [6, 6.07) is 8.51. The monoisotopic (exact) mass is 366 g/mol. The number of H-pyrrole nitrogens is 1. The van der Waals surface area contributed by atoms with Gasteiger partial charge in [-0.05, 0) is 32.3 Å². The van der Waals surface area contributed by atoms with E-state index in [4.69, 9.17) is 0 Å². The summed E-state index contributed by atoms with van der Waals surface area (Å²) in [6.07, 6.45) is 5.65. The number of nitrogens with zero attached hydrogens (tertiary/aromatic N) is 3. The number of carbonyl (C=O) groups excluding carboxylic acids is 1. The molecule has 0 radical (unpaired) electrons. The second kappa shape index (κ2) is 7.03. The fourth-order valence-corrected chi connectivity index (χ4v) is 4.33. The van der Waals surface area contributed by atoms with Crippen LogP contribution >= 0.6 is 11.3 Å². The van der Waals surface area contributed by atoms with Crippen molar-refractivity contribution < 1.29 is 4.79 Å². The molecule has 4 rings (SSSR count). The van der Waals surface area contributed by atoms with Crippen LogP contribution in [0.4, 0.5) is 0 Å². The fourth-order valence-electron chi connectivity index (χ4n) is 3.58. The molecule has 0 spiro atoms. The second-order valence-corrected chi connectivity index (χ2v) is 8.13. The van der Waals surface area contributed by atoms with E-state index in [1.807, 2.05) is 18.0 Å². The Balaban J connectivity index is 1.56. The average Bonchev–Trinajstić information content (AvgIpc) is 3.31. The van der Waals surface area contributed by atoms with E-state index in [9.17, 15) is 4.79 Å². The van der Waals surface area contributed by atoms with E-state index >= 15 is 0 Å². The van der Waals surface area contributed by atoms with E-state index in [2.05, 4.69) is 46.4 Å². The van der Waals surface area contributed by atoms with Gasteiger partial charge in [-0.15, -0.1) is 11.3 Å². The summed E-state index contributed by atoms with van der Waals surface area (Å²) in [6.45, 7) is 5.54. The zero-order valence-electron chi connectivity index (χ0n) is 15.0. The summed E-state index contributed by atoms with van der Waals surface area (Å²) in [4.78, 5) is 19.7. The Morgan fingerprint density at radius 2 is 2.04 bits per heavy atom. The van der Waals surface area contributed by atoms with Crippen LogP contribution in [0.2, 0.25) is 0 Å². The first-order valence-corrected chi connectivity index (χ1v) is 9.75. The van der Waals surface area contributed by atoms with E-state index in [1.54, 1.807) is 6.20 Å². The Hall–Kier alpha value is -2.47. The number of likely N-dealkylation sites (tertiary alicyclic amines) is 1. The normalized spacial score (nSPS) is 17.5. The molecule has 1 aliphatic heterocycles. The number of rotatable bonds is 3. The maximum absolute atomic E-state index is 12.8. The van der Waals surface area contributed by atoms with Crippen molar-refractivity contribution in [2.24, 2.45) is 0 Å². The van der Waals surface area contributed by atoms with Gasteiger partial charge in [0, 0.05) is 30.3 Å². The summed E-state index contributed by atoms with van der Waals surface area (Å²) in [5.41, 5.74) is 4.68. The number of amides is 1. The molecule has 26 heavy (non-hydrogen) atoms. The van der Waals surface area contributed by atoms with Crippen LogP contribution in [0.15, 0.2) is 36.7 Å². The molecule has 1 aliphatic rings. The topological polar surface area (TPSA) is 61.9 Å². The first kappa shape index (κ1) is 17.0. The Morgan fingerprint density at radius 3 is 2.77 bits per heavy atom. The van der Waals surface area contributed by atoms with E-state index in [0.29, 0.717) is 0 Å². The lowest BCUT2D eigenvalue weighted by atomic mass is 9.90. The molecule has 1 saturated heterocycles. The van der Waals surface area contributed by atoms with Crippen LogP contribution in [0.25, 0.3) is 11.1 Å². The minimum atomic E-state index is 0.0942. The van der Waals surface area contributed by atoms with Crippen LogP contribution in [0.1, 0.15) is 44.7 Å². The van der Waals surface area contributed by atoms with Crippen molar-refractivity contribution in [3.63, 3.8) is 0 Å². The molecule has 0 unspecified atom stereocenters. The van der Waals surface area contributed by atoms with Crippen molar-refractivity contribution in [3.05, 3.63) is 57.8 Å². The number of thiazole rings is 1. The van der Waals surface area contributed by atoms with Gasteiger partial charge in [-0.2, -0.15) is 5.10 Å². The standard InChI is InChI=1S/C20H22N4OS/c1-13-5-7-15(8-6-13)17-10-22-23-19(17)16-4-3-9-24(12-16)20(25)18-11-21-14(2)26-18/h5-8,10-11,16H,3-4,9,12H2,1-2H3,(H,22,23)/t16-/m0/s1. The number of aryl methyl sites for hydroxylation is 2. The van der Waals surface area contributed by atoms with E-state index in [-0.39, 0.29) is 11.8 Å². The highest BCUT2D eigenvalue weighted by Crippen LogP contribution is 2.33. The molecule has 1 N–H and O–H groups in total. The molecular weight excluding hydrogens is 344 g/mol. The lowest BCUT2D eigenvalue weighted by molar-refractivity contribution is 0.0710. The Labute approximate surface area is 157 Å². The summed E-state index contributed by atoms with van der Waals surface area (Å²) >= 11 is 1.47. The number of hydrogen-bond acceptors (Lipinski definition) is 4. The van der Waals surface area contributed by atoms with Crippen LogP contribution in [0, 0.1) is 13.8 Å². The number of aromatic amines is 1. The van der Waals surface area contributed by atoms with Gasteiger partial charge in [0.15, 0.2) is 0 Å². The summed E-state index contributed by atoms with van der Waals surface area (Å²) in [5.74, 6) is 0.372. The van der Waals surface area contributed by atoms with E-state index in [1.165, 1.54) is 22.5 Å². The smallest absolute Gasteiger partial charge is 0.265 e. The van der Waals surface area contributed by atoms with Gasteiger partial charge in [0.2, 0.25) is 0 Å². The predicted octanol–water partition coefficient (Wildman–Crippen LogP) is 4.17. The molecule has 1 atom stereocenters. The first-order valence-electron chi connectivity index (χ1n) is 8.94. The summed E-state index contributed by atoms with van der Waals surface area (Å²) < 4.78 is 0. The van der Waals surface area contributed by atoms with Crippen LogP contribution in [0.3, 0.4) is 0 Å². The van der Waals surface area contributed by atoms with Gasteiger partial charge < -0.3 is 4.90 Å². The predicted molar refractivity (Wildman–Crippen MR) is 103 cm³/mol. The molecule has 3 heterocycles. The molecule has 0 bridgehead atoms. The maximum Gasteiger partial charge on any atom is 0.265 e. The molecular formula is C20H22N4OS. The lowest BCUT2D eigenvalue weighted by Crippen LogP contribution is -2.39. The first-order chi connectivity index (χ1) is 12.6. The molecule has 6 heteroatoms. The average molecular weight is 366 g/mol. The number of benzene rings is 1. The van der Waals surface area contributed by atoms with Crippen molar-refractivity contribution in [3.8, 4) is 11.1 Å². The fraction of sp³-hybridized carbons (Fsp3) is 0.350. The lowest BCUT2D eigenvalue weighted by Gasteiger charge is -2.32. The van der Waals surface area contributed by atoms with Gasteiger partial charge in [0.05, 0.1) is 17.4 Å². The van der Waals surface area contributed by atoms with Gasteiger partial charge in [0.25, 0.3) is 5.91 Å². The molecule has 3 aromatic rings. The third kappa shape index (κ3) is 3.29. The van der Waals surface area contributed by atoms with E-state index in [0.717, 1.165) is 47.1 Å². The quantitative estimate of drug-likeness (QED) is 0.757. The van der Waals surface area contributed by atoms with Crippen LogP contribution in [-0.4, -0.2) is 39.1 Å². The number of carbonyl (C=O) groups is 1. The van der Waals surface area contributed by atoms with Crippen LogP contribution in [0.5, 0.6) is 0 Å². The molecule has 2 aromatic heterocycles. The van der Waals surface area contributed by atoms with Crippen molar-refractivity contribution in [2.75, 3.05) is 13.1 Å². The van der Waals surface area contributed by atoms with Crippen molar-refractivity contribution in [1.82, 2.24) is 20.1 Å². The summed E-state index contributed by atoms with van der Waals surface area (Å²) in [7, 11) is 0. The Kier molecular flexibility index (Phi) is 4.59. The number of hydrogen-bond donors (Lipinski definition) is 1. The van der Waals surface area contributed by atoms with Gasteiger partial charge >= 0.3 is 0 Å². The Morgan fingerprint density at radius 1 is 1.23 bits per heavy atom. The molecule has 0 saturated carbocycles. The minimum absolute atomic E-state index is 0.0942. The van der Waals surface area contributed by atoms with Crippen molar-refractivity contribution in [2.45, 2.75) is 32.6 Å². The van der Waals surface area contributed by atoms with Gasteiger partial charge in [-0.1, -0.05) is 29.8 Å². The van der Waals surface area contributed by atoms with Crippen molar-refractivity contribution >= 4 is 17.2 Å². The highest BCUT2D eigenvalue weighted by molar-refractivity contribution is 7.13. The second-order valence-electron chi connectivity index (χ2n) is 6.90. The minimum Gasteiger partial charge on any atom is -0.337 e.